The molecule has 0 radical (unpaired) electrons. The molecule has 0 aromatic heterocycles. The van der Waals surface area contributed by atoms with Gasteiger partial charge in [0.1, 0.15) is 19.0 Å². The van der Waals surface area contributed by atoms with Crippen molar-refractivity contribution < 1.29 is 23.8 Å². The molecule has 1 N–H and O–H groups in total. The molecule has 1 amide bonds. The molecule has 3 atom stereocenters. The van der Waals surface area contributed by atoms with Crippen molar-refractivity contribution in [2.75, 3.05) is 26.4 Å². The van der Waals surface area contributed by atoms with Crippen LogP contribution in [0.5, 0.6) is 5.75 Å². The molecule has 1 unspecified atom stereocenters. The van der Waals surface area contributed by atoms with Crippen LogP contribution in [-0.2, 0) is 16.0 Å². The molecule has 2 fully saturated rings. The van der Waals surface area contributed by atoms with Crippen LogP contribution in [0.15, 0.2) is 24.3 Å². The number of likely N-dealkylation sites (tertiary alicyclic amines) is 1. The summed E-state index contributed by atoms with van der Waals surface area (Å²) in [6, 6.07) is 6.96. The second-order valence-corrected chi connectivity index (χ2v) is 7.73. The van der Waals surface area contributed by atoms with Gasteiger partial charge in [0.2, 0.25) is 5.91 Å². The molecule has 5 nitrogen and oxygen atoms in total. The fourth-order valence-corrected chi connectivity index (χ4v) is 4.36. The summed E-state index contributed by atoms with van der Waals surface area (Å²) in [6.07, 6.45) is 5.19. The Balaban J connectivity index is 1.55. The number of amides is 1. The second-order valence-electron chi connectivity index (χ2n) is 7.73. The Hall–Kier alpha value is -2.11. The third kappa shape index (κ3) is 5.21. The number of alkyl halides is 1. The zero-order valence-corrected chi connectivity index (χ0v) is 15.6. The van der Waals surface area contributed by atoms with E-state index in [0.29, 0.717) is 24.0 Å². The first-order chi connectivity index (χ1) is 13.1. The summed E-state index contributed by atoms with van der Waals surface area (Å²) in [5.41, 5.74) is 0.831. The van der Waals surface area contributed by atoms with E-state index in [1.807, 2.05) is 4.90 Å². The lowest BCUT2D eigenvalue weighted by molar-refractivity contribution is -0.145. The lowest BCUT2D eigenvalue weighted by Gasteiger charge is -2.22. The van der Waals surface area contributed by atoms with Gasteiger partial charge in [-0.25, -0.2) is 4.39 Å². The number of ether oxygens (including phenoxy) is 1. The van der Waals surface area contributed by atoms with Gasteiger partial charge >= 0.3 is 5.97 Å². The smallest absolute Gasteiger partial charge is 0.307 e. The Kier molecular flexibility index (Phi) is 6.69. The monoisotopic (exact) mass is 377 g/mol. The van der Waals surface area contributed by atoms with E-state index in [-0.39, 0.29) is 18.9 Å². The topological polar surface area (TPSA) is 66.8 Å². The number of carboxylic acids is 1. The number of hydrogen-bond donors (Lipinski definition) is 1. The molecule has 6 heteroatoms. The summed E-state index contributed by atoms with van der Waals surface area (Å²) in [5.74, 6) is 0.0277. The minimum absolute atomic E-state index is 0.00340. The number of carbonyl (C=O) groups excluding carboxylic acids is 1. The number of halogens is 1. The van der Waals surface area contributed by atoms with Gasteiger partial charge in [-0.1, -0.05) is 25.0 Å². The Morgan fingerprint density at radius 3 is 2.33 bits per heavy atom. The molecule has 1 aromatic rings. The summed E-state index contributed by atoms with van der Waals surface area (Å²) in [6.45, 7) is 1.03. The fraction of sp³-hybridized carbons (Fsp3) is 0.619. The molecule has 148 valence electrons. The SMILES string of the molecule is O=C(O)C(CC(=O)N1C[C@H]2CCCC[C@H]2C1)Cc1ccc(OCCF)cc1. The number of nitrogens with zero attached hydrogens (tertiary/aromatic N) is 1. The van der Waals surface area contributed by atoms with Crippen molar-refractivity contribution >= 4 is 11.9 Å². The van der Waals surface area contributed by atoms with Crippen LogP contribution >= 0.6 is 0 Å². The highest BCUT2D eigenvalue weighted by atomic mass is 19.1. The molecule has 27 heavy (non-hydrogen) atoms. The van der Waals surface area contributed by atoms with Gasteiger partial charge in [0.15, 0.2) is 0 Å². The minimum Gasteiger partial charge on any atom is -0.491 e. The van der Waals surface area contributed by atoms with Crippen LogP contribution in [0, 0.1) is 17.8 Å². The molecule has 1 aromatic carbocycles. The quantitative estimate of drug-likeness (QED) is 0.755. The number of aliphatic carboxylic acids is 1. The van der Waals surface area contributed by atoms with Crippen molar-refractivity contribution in [1.29, 1.82) is 0 Å². The van der Waals surface area contributed by atoms with Gasteiger partial charge in [-0.2, -0.15) is 0 Å². The van der Waals surface area contributed by atoms with Crippen molar-refractivity contribution in [3.05, 3.63) is 29.8 Å². The molecular formula is C21H28FNO4. The van der Waals surface area contributed by atoms with Crippen LogP contribution in [0.4, 0.5) is 4.39 Å². The predicted octanol–water partition coefficient (Wildman–Crippen LogP) is 3.32. The highest BCUT2D eigenvalue weighted by molar-refractivity contribution is 5.82. The maximum Gasteiger partial charge on any atom is 0.307 e. The second kappa shape index (κ2) is 9.20. The average Bonchev–Trinajstić information content (AvgIpc) is 3.11. The van der Waals surface area contributed by atoms with Gasteiger partial charge in [0, 0.05) is 19.5 Å². The molecule has 1 saturated carbocycles. The van der Waals surface area contributed by atoms with E-state index >= 15 is 0 Å². The molecule has 1 heterocycles. The van der Waals surface area contributed by atoms with E-state index in [0.717, 1.165) is 18.7 Å². The van der Waals surface area contributed by atoms with Crippen molar-refractivity contribution in [3.8, 4) is 5.75 Å². The molecular weight excluding hydrogens is 349 g/mol. The van der Waals surface area contributed by atoms with E-state index in [9.17, 15) is 19.1 Å². The number of hydrogen-bond acceptors (Lipinski definition) is 3. The Morgan fingerprint density at radius 1 is 1.15 bits per heavy atom. The Bertz CT molecular complexity index is 634. The van der Waals surface area contributed by atoms with Crippen LogP contribution in [0.25, 0.3) is 0 Å². The van der Waals surface area contributed by atoms with Crippen LogP contribution in [0.2, 0.25) is 0 Å². The van der Waals surface area contributed by atoms with Crippen molar-refractivity contribution in [3.63, 3.8) is 0 Å². The van der Waals surface area contributed by atoms with Crippen molar-refractivity contribution in [2.45, 2.75) is 38.5 Å². The van der Waals surface area contributed by atoms with Crippen molar-refractivity contribution in [2.24, 2.45) is 17.8 Å². The zero-order valence-electron chi connectivity index (χ0n) is 15.6. The molecule has 1 aliphatic heterocycles. The largest absolute Gasteiger partial charge is 0.491 e. The van der Waals surface area contributed by atoms with Gasteiger partial charge in [0.05, 0.1) is 5.92 Å². The fourth-order valence-electron chi connectivity index (χ4n) is 4.36. The van der Waals surface area contributed by atoms with E-state index in [4.69, 9.17) is 4.74 Å². The first-order valence-corrected chi connectivity index (χ1v) is 9.85. The third-order valence-electron chi connectivity index (χ3n) is 5.85. The zero-order chi connectivity index (χ0) is 19.2. The highest BCUT2D eigenvalue weighted by Gasteiger charge is 2.37. The molecule has 0 bridgehead atoms. The summed E-state index contributed by atoms with van der Waals surface area (Å²) in [7, 11) is 0. The van der Waals surface area contributed by atoms with Crippen LogP contribution in [0.1, 0.15) is 37.7 Å². The Labute approximate surface area is 159 Å². The Morgan fingerprint density at radius 2 is 1.78 bits per heavy atom. The van der Waals surface area contributed by atoms with Crippen molar-refractivity contribution in [1.82, 2.24) is 4.90 Å². The number of carbonyl (C=O) groups is 2. The normalized spacial score (nSPS) is 22.9. The van der Waals surface area contributed by atoms with E-state index < -0.39 is 18.6 Å². The number of benzene rings is 1. The predicted molar refractivity (Wildman–Crippen MR) is 99.4 cm³/mol. The first kappa shape index (κ1) is 19.6. The summed E-state index contributed by atoms with van der Waals surface area (Å²) < 4.78 is 17.3. The lowest BCUT2D eigenvalue weighted by atomic mass is 9.82. The maximum absolute atomic E-state index is 12.7. The van der Waals surface area contributed by atoms with Gasteiger partial charge in [-0.05, 0) is 48.8 Å². The molecule has 3 rings (SSSR count). The lowest BCUT2D eigenvalue weighted by Crippen LogP contribution is -2.33. The van der Waals surface area contributed by atoms with E-state index in [1.54, 1.807) is 24.3 Å². The minimum atomic E-state index is -0.947. The third-order valence-corrected chi connectivity index (χ3v) is 5.85. The average molecular weight is 377 g/mol. The highest BCUT2D eigenvalue weighted by Crippen LogP contribution is 2.36. The molecule has 0 spiro atoms. The molecule has 1 saturated heterocycles. The van der Waals surface area contributed by atoms with E-state index in [2.05, 4.69) is 0 Å². The molecule has 1 aliphatic carbocycles. The molecule has 2 aliphatic rings. The van der Waals surface area contributed by atoms with Crippen LogP contribution in [0.3, 0.4) is 0 Å². The number of carboxylic acid groups (broad SMARTS) is 1. The summed E-state index contributed by atoms with van der Waals surface area (Å²) >= 11 is 0. The van der Waals surface area contributed by atoms with Crippen LogP contribution < -0.4 is 4.74 Å². The number of fused-ring (bicyclic) bond motifs is 1. The van der Waals surface area contributed by atoms with Crippen LogP contribution in [-0.4, -0.2) is 48.3 Å². The van der Waals surface area contributed by atoms with Gasteiger partial charge in [-0.3, -0.25) is 9.59 Å². The van der Waals surface area contributed by atoms with Gasteiger partial charge < -0.3 is 14.7 Å². The number of rotatable bonds is 8. The van der Waals surface area contributed by atoms with Gasteiger partial charge in [0.25, 0.3) is 0 Å². The summed E-state index contributed by atoms with van der Waals surface area (Å²) in [4.78, 5) is 26.2. The first-order valence-electron chi connectivity index (χ1n) is 9.85. The summed E-state index contributed by atoms with van der Waals surface area (Å²) in [5, 5.41) is 9.57. The maximum atomic E-state index is 12.7. The van der Waals surface area contributed by atoms with Gasteiger partial charge in [-0.15, -0.1) is 0 Å². The standard InChI is InChI=1S/C21H28FNO4/c22-9-10-27-19-7-5-15(6-8-19)11-18(21(25)26)12-20(24)23-13-16-3-1-2-4-17(16)14-23/h5-8,16-18H,1-4,9-14H2,(H,25,26)/t16-,17+,18?. The van der Waals surface area contributed by atoms with E-state index in [1.165, 1.54) is 25.7 Å².